The average Bonchev–Trinajstić information content (AvgIpc) is 3.21. The largest absolute Gasteiger partial charge is 0.444 e. The third kappa shape index (κ3) is 4.26. The number of anilines is 1. The molecular formula is C21H19ClN4O2S. The number of aromatic nitrogens is 3. The number of nitrogens with zero attached hydrogens (tertiary/aromatic N) is 3. The van der Waals surface area contributed by atoms with Crippen molar-refractivity contribution in [2.24, 2.45) is 7.05 Å². The van der Waals surface area contributed by atoms with E-state index in [1.807, 2.05) is 63.5 Å². The van der Waals surface area contributed by atoms with Crippen LogP contribution in [0.3, 0.4) is 0 Å². The van der Waals surface area contributed by atoms with E-state index in [4.69, 9.17) is 16.3 Å². The normalized spacial score (nSPS) is 11.0. The summed E-state index contributed by atoms with van der Waals surface area (Å²) in [7, 11) is 1.88. The van der Waals surface area contributed by atoms with Crippen LogP contribution >= 0.6 is 22.9 Å². The second-order valence-corrected chi connectivity index (χ2v) is 8.23. The molecule has 6 nitrogen and oxygen atoms in total. The van der Waals surface area contributed by atoms with E-state index in [9.17, 15) is 4.79 Å². The number of benzene rings is 2. The summed E-state index contributed by atoms with van der Waals surface area (Å²) in [6, 6.07) is 11.5. The molecule has 2 aromatic heterocycles. The molecule has 0 fully saturated rings. The molecule has 0 bridgehead atoms. The summed E-state index contributed by atoms with van der Waals surface area (Å²) in [5.74, 6) is 0. The van der Waals surface area contributed by atoms with Crippen LogP contribution in [0.25, 0.3) is 21.5 Å². The van der Waals surface area contributed by atoms with Gasteiger partial charge in [0.15, 0.2) is 0 Å². The maximum atomic E-state index is 12.3. The molecule has 0 saturated heterocycles. The topological polar surface area (TPSA) is 69.0 Å². The van der Waals surface area contributed by atoms with Gasteiger partial charge in [0.25, 0.3) is 0 Å². The van der Waals surface area contributed by atoms with E-state index in [-0.39, 0.29) is 6.61 Å². The second-order valence-electron chi connectivity index (χ2n) is 6.79. The van der Waals surface area contributed by atoms with Gasteiger partial charge in [-0.05, 0) is 49.2 Å². The third-order valence-electron chi connectivity index (χ3n) is 4.48. The zero-order chi connectivity index (χ0) is 20.5. The van der Waals surface area contributed by atoms with E-state index in [0.717, 1.165) is 38.3 Å². The lowest BCUT2D eigenvalue weighted by molar-refractivity contribution is 0.155. The van der Waals surface area contributed by atoms with Gasteiger partial charge >= 0.3 is 6.09 Å². The maximum Gasteiger partial charge on any atom is 0.412 e. The van der Waals surface area contributed by atoms with Gasteiger partial charge in [-0.1, -0.05) is 35.1 Å². The minimum atomic E-state index is -0.512. The van der Waals surface area contributed by atoms with Crippen LogP contribution in [0.2, 0.25) is 5.02 Å². The van der Waals surface area contributed by atoms with Gasteiger partial charge in [0.2, 0.25) is 0 Å². The van der Waals surface area contributed by atoms with Gasteiger partial charge in [-0.2, -0.15) is 5.10 Å². The molecule has 1 N–H and O–H groups in total. The Morgan fingerprint density at radius 1 is 1.24 bits per heavy atom. The summed E-state index contributed by atoms with van der Waals surface area (Å²) >= 11 is 7.44. The zero-order valence-corrected chi connectivity index (χ0v) is 17.8. The number of carbonyl (C=O) groups is 1. The molecule has 4 rings (SSSR count). The lowest BCUT2D eigenvalue weighted by Crippen LogP contribution is -2.13. The number of fused-ring (bicyclic) bond motifs is 1. The quantitative estimate of drug-likeness (QED) is 0.453. The molecule has 0 atom stereocenters. The second kappa shape index (κ2) is 7.85. The van der Waals surface area contributed by atoms with Gasteiger partial charge in [-0.3, -0.25) is 10.00 Å². The summed E-state index contributed by atoms with van der Waals surface area (Å²) in [5.41, 5.74) is 4.58. The van der Waals surface area contributed by atoms with Crippen molar-refractivity contribution < 1.29 is 9.53 Å². The Morgan fingerprint density at radius 2 is 2.07 bits per heavy atom. The van der Waals surface area contributed by atoms with Crippen LogP contribution in [0.5, 0.6) is 0 Å². The monoisotopic (exact) mass is 426 g/mol. The van der Waals surface area contributed by atoms with E-state index < -0.39 is 6.09 Å². The number of hydrogen-bond acceptors (Lipinski definition) is 5. The number of aryl methyl sites for hydroxylation is 3. The minimum Gasteiger partial charge on any atom is -0.444 e. The van der Waals surface area contributed by atoms with Crippen molar-refractivity contribution in [2.45, 2.75) is 20.5 Å². The van der Waals surface area contributed by atoms with Gasteiger partial charge in [0.05, 0.1) is 11.2 Å². The highest BCUT2D eigenvalue weighted by Gasteiger charge is 2.14. The van der Waals surface area contributed by atoms with Crippen LogP contribution < -0.4 is 5.32 Å². The van der Waals surface area contributed by atoms with E-state index >= 15 is 0 Å². The predicted molar refractivity (Wildman–Crippen MR) is 117 cm³/mol. The summed E-state index contributed by atoms with van der Waals surface area (Å²) in [4.78, 5) is 16.8. The van der Waals surface area contributed by atoms with E-state index in [2.05, 4.69) is 15.4 Å². The summed E-state index contributed by atoms with van der Waals surface area (Å²) < 4.78 is 7.14. The first-order chi connectivity index (χ1) is 13.9. The highest BCUT2D eigenvalue weighted by atomic mass is 35.5. The lowest BCUT2D eigenvalue weighted by atomic mass is 10.1. The first-order valence-corrected chi connectivity index (χ1v) is 10.2. The smallest absolute Gasteiger partial charge is 0.412 e. The molecule has 0 aliphatic rings. The van der Waals surface area contributed by atoms with Gasteiger partial charge in [0, 0.05) is 29.2 Å². The molecule has 0 radical (unpaired) electrons. The van der Waals surface area contributed by atoms with Crippen molar-refractivity contribution in [3.05, 3.63) is 64.4 Å². The Morgan fingerprint density at radius 3 is 2.86 bits per heavy atom. The molecule has 0 saturated carbocycles. The van der Waals surface area contributed by atoms with Gasteiger partial charge in [-0.25, -0.2) is 9.78 Å². The summed E-state index contributed by atoms with van der Waals surface area (Å²) in [5, 5.41) is 10.3. The van der Waals surface area contributed by atoms with Gasteiger partial charge < -0.3 is 4.74 Å². The molecule has 2 heterocycles. The van der Waals surface area contributed by atoms with Crippen LogP contribution in [-0.2, 0) is 18.4 Å². The van der Waals surface area contributed by atoms with Crippen molar-refractivity contribution >= 4 is 44.9 Å². The number of amides is 1. The first-order valence-electron chi connectivity index (χ1n) is 8.99. The fraction of sp³-hybridized carbons (Fsp3) is 0.190. The van der Waals surface area contributed by atoms with Crippen molar-refractivity contribution in [2.75, 3.05) is 5.32 Å². The van der Waals surface area contributed by atoms with Crippen LogP contribution in [0.1, 0.15) is 16.8 Å². The predicted octanol–water partition coefficient (Wildman–Crippen LogP) is 5.72. The molecule has 2 aromatic carbocycles. The number of carbonyl (C=O) groups excluding carboxylic acids is 1. The van der Waals surface area contributed by atoms with Crippen LogP contribution in [-0.4, -0.2) is 20.9 Å². The average molecular weight is 427 g/mol. The Labute approximate surface area is 177 Å². The Hall–Kier alpha value is -2.90. The fourth-order valence-corrected chi connectivity index (χ4v) is 4.33. The van der Waals surface area contributed by atoms with E-state index in [1.165, 1.54) is 11.3 Å². The number of nitrogens with one attached hydrogen (secondary N) is 1. The minimum absolute atomic E-state index is 0.178. The number of thiazole rings is 1. The molecular weight excluding hydrogens is 408 g/mol. The Bertz CT molecular complexity index is 1210. The molecule has 0 aliphatic heterocycles. The fourth-order valence-electron chi connectivity index (χ4n) is 3.06. The number of rotatable bonds is 4. The van der Waals surface area contributed by atoms with Crippen molar-refractivity contribution in [1.82, 2.24) is 14.8 Å². The van der Waals surface area contributed by atoms with Crippen molar-refractivity contribution in [3.8, 4) is 10.6 Å². The van der Waals surface area contributed by atoms with E-state index in [1.54, 1.807) is 4.68 Å². The van der Waals surface area contributed by atoms with Crippen molar-refractivity contribution in [3.63, 3.8) is 0 Å². The van der Waals surface area contributed by atoms with Gasteiger partial charge in [-0.15, -0.1) is 0 Å². The van der Waals surface area contributed by atoms with Gasteiger partial charge in [0.1, 0.15) is 16.6 Å². The Balaban J connectivity index is 1.43. The Kier molecular flexibility index (Phi) is 5.25. The summed E-state index contributed by atoms with van der Waals surface area (Å²) in [6.45, 7) is 4.02. The zero-order valence-electron chi connectivity index (χ0n) is 16.2. The number of hydrogen-bond donors (Lipinski definition) is 1. The SMILES string of the molecule is Cc1cc(Cl)ccc1-c1nc(C)c(NC(=O)OCc2ccc3nn(C)cc3c2)s1. The van der Waals surface area contributed by atoms with Crippen LogP contribution in [0, 0.1) is 13.8 Å². The van der Waals surface area contributed by atoms with Crippen molar-refractivity contribution in [1.29, 1.82) is 0 Å². The van der Waals surface area contributed by atoms with Crippen LogP contribution in [0.4, 0.5) is 9.80 Å². The first kappa shape index (κ1) is 19.4. The molecule has 148 valence electrons. The lowest BCUT2D eigenvalue weighted by Gasteiger charge is -2.06. The molecule has 1 amide bonds. The highest BCUT2D eigenvalue weighted by Crippen LogP contribution is 2.34. The molecule has 0 spiro atoms. The molecule has 0 unspecified atom stereocenters. The third-order valence-corrected chi connectivity index (χ3v) is 5.83. The summed E-state index contributed by atoms with van der Waals surface area (Å²) in [6.07, 6.45) is 1.42. The number of halogens is 1. The van der Waals surface area contributed by atoms with Crippen LogP contribution in [0.15, 0.2) is 42.6 Å². The molecule has 29 heavy (non-hydrogen) atoms. The molecule has 4 aromatic rings. The highest BCUT2D eigenvalue weighted by molar-refractivity contribution is 7.19. The maximum absolute atomic E-state index is 12.3. The van der Waals surface area contributed by atoms with E-state index in [0.29, 0.717) is 10.0 Å². The number of ether oxygens (including phenoxy) is 1. The molecule has 0 aliphatic carbocycles. The standard InChI is InChI=1S/C21H19ClN4O2S/c1-12-8-16(22)5-6-17(12)20-23-13(2)19(29-20)24-21(27)28-11-14-4-7-18-15(9-14)10-26(3)25-18/h4-10H,11H2,1-3H3,(H,24,27). The molecule has 8 heteroatoms.